The van der Waals surface area contributed by atoms with Crippen molar-refractivity contribution in [3.05, 3.63) is 64.7 Å². The molecule has 102 valence electrons. The molecule has 2 aromatic rings. The number of nitrogens with one attached hydrogen (secondary N) is 1. The summed E-state index contributed by atoms with van der Waals surface area (Å²) in [7, 11) is 0. The summed E-state index contributed by atoms with van der Waals surface area (Å²) in [6, 6.07) is 13.2. The average Bonchev–Trinajstić information content (AvgIpc) is 2.94. The first-order chi connectivity index (χ1) is 9.76. The Balaban J connectivity index is 1.79. The normalized spacial score (nSPS) is 13.1. The number of anilines is 1. The van der Waals surface area contributed by atoms with E-state index in [1.807, 2.05) is 30.3 Å². The number of aliphatic hydroxyl groups is 1. The zero-order chi connectivity index (χ0) is 13.9. The molecule has 2 N–H and O–H groups in total. The third-order valence-electron chi connectivity index (χ3n) is 3.73. The van der Waals surface area contributed by atoms with Crippen LogP contribution in [-0.4, -0.2) is 11.0 Å². The largest absolute Gasteiger partial charge is 0.392 e. The second-order valence-corrected chi connectivity index (χ2v) is 5.15. The molecule has 20 heavy (non-hydrogen) atoms. The van der Waals surface area contributed by atoms with Gasteiger partial charge in [0.15, 0.2) is 0 Å². The van der Waals surface area contributed by atoms with Crippen LogP contribution in [0.25, 0.3) is 0 Å². The fourth-order valence-electron chi connectivity index (χ4n) is 2.66. The minimum absolute atomic E-state index is 0.0252. The molecule has 1 aliphatic carbocycles. The number of rotatable bonds is 3. The molecule has 0 aromatic heterocycles. The maximum absolute atomic E-state index is 12.2. The van der Waals surface area contributed by atoms with Gasteiger partial charge in [-0.1, -0.05) is 18.2 Å². The summed E-state index contributed by atoms with van der Waals surface area (Å²) in [5, 5.41) is 12.0. The van der Waals surface area contributed by atoms with Crippen LogP contribution in [0.5, 0.6) is 0 Å². The van der Waals surface area contributed by atoms with Gasteiger partial charge in [0, 0.05) is 11.3 Å². The fourth-order valence-corrected chi connectivity index (χ4v) is 2.66. The molecule has 1 aliphatic rings. The maximum Gasteiger partial charge on any atom is 0.255 e. The molecule has 0 aliphatic heterocycles. The van der Waals surface area contributed by atoms with Gasteiger partial charge in [0.05, 0.1) is 6.61 Å². The Bertz CT molecular complexity index is 649. The van der Waals surface area contributed by atoms with Crippen LogP contribution in [0.15, 0.2) is 42.5 Å². The first-order valence-corrected chi connectivity index (χ1v) is 6.89. The minimum atomic E-state index is -0.102. The molecule has 0 radical (unpaired) electrons. The molecule has 0 bridgehead atoms. The molecule has 0 saturated heterocycles. The highest BCUT2D eigenvalue weighted by Crippen LogP contribution is 2.23. The zero-order valence-corrected chi connectivity index (χ0v) is 11.2. The monoisotopic (exact) mass is 267 g/mol. The molecule has 0 fully saturated rings. The van der Waals surface area contributed by atoms with Gasteiger partial charge in [-0.15, -0.1) is 0 Å². The second kappa shape index (κ2) is 5.47. The molecule has 2 aromatic carbocycles. The number of aryl methyl sites for hydroxylation is 2. The quantitative estimate of drug-likeness (QED) is 0.898. The summed E-state index contributed by atoms with van der Waals surface area (Å²) in [4.78, 5) is 12.2. The second-order valence-electron chi connectivity index (χ2n) is 5.15. The van der Waals surface area contributed by atoms with Crippen LogP contribution >= 0.6 is 0 Å². The molecule has 0 heterocycles. The Hall–Kier alpha value is -2.13. The van der Waals surface area contributed by atoms with Crippen LogP contribution in [0, 0.1) is 0 Å². The maximum atomic E-state index is 12.2. The van der Waals surface area contributed by atoms with Crippen molar-refractivity contribution in [2.75, 3.05) is 5.32 Å². The SMILES string of the molecule is O=C(Nc1cccc(CO)c1)c1ccc2c(c1)CCC2. The van der Waals surface area contributed by atoms with E-state index in [2.05, 4.69) is 11.4 Å². The van der Waals surface area contributed by atoms with E-state index in [1.54, 1.807) is 6.07 Å². The van der Waals surface area contributed by atoms with Gasteiger partial charge in [0.2, 0.25) is 0 Å². The van der Waals surface area contributed by atoms with E-state index in [-0.39, 0.29) is 12.5 Å². The zero-order valence-electron chi connectivity index (χ0n) is 11.2. The molecule has 3 nitrogen and oxygen atoms in total. The molecular formula is C17H17NO2. The van der Waals surface area contributed by atoms with Crippen molar-refractivity contribution in [1.82, 2.24) is 0 Å². The average molecular weight is 267 g/mol. The van der Waals surface area contributed by atoms with Crippen molar-refractivity contribution < 1.29 is 9.90 Å². The number of hydrogen-bond donors (Lipinski definition) is 2. The van der Waals surface area contributed by atoms with Gasteiger partial charge in [0.25, 0.3) is 5.91 Å². The van der Waals surface area contributed by atoms with E-state index >= 15 is 0 Å². The lowest BCUT2D eigenvalue weighted by Crippen LogP contribution is -2.12. The van der Waals surface area contributed by atoms with Crippen molar-refractivity contribution in [2.45, 2.75) is 25.9 Å². The lowest BCUT2D eigenvalue weighted by molar-refractivity contribution is 0.102. The number of carbonyl (C=O) groups excluding carboxylic acids is 1. The van der Waals surface area contributed by atoms with Gasteiger partial charge in [0.1, 0.15) is 0 Å². The third kappa shape index (κ3) is 2.58. The van der Waals surface area contributed by atoms with E-state index in [9.17, 15) is 4.79 Å². The molecule has 0 saturated carbocycles. The molecule has 1 amide bonds. The lowest BCUT2D eigenvalue weighted by Gasteiger charge is -2.08. The molecule has 0 unspecified atom stereocenters. The van der Waals surface area contributed by atoms with E-state index < -0.39 is 0 Å². The van der Waals surface area contributed by atoms with Crippen LogP contribution in [0.3, 0.4) is 0 Å². The molecular weight excluding hydrogens is 250 g/mol. The summed E-state index contributed by atoms with van der Waals surface area (Å²) < 4.78 is 0. The standard InChI is InChI=1S/C17H17NO2/c19-11-12-3-1-6-16(9-12)18-17(20)15-8-7-13-4-2-5-14(13)10-15/h1,3,6-10,19H,2,4-5,11H2,(H,18,20). The first-order valence-electron chi connectivity index (χ1n) is 6.89. The number of aliphatic hydroxyl groups excluding tert-OH is 1. The summed E-state index contributed by atoms with van der Waals surface area (Å²) in [6.45, 7) is -0.0252. The third-order valence-corrected chi connectivity index (χ3v) is 3.73. The Kier molecular flexibility index (Phi) is 3.52. The topological polar surface area (TPSA) is 49.3 Å². The number of fused-ring (bicyclic) bond motifs is 1. The van der Waals surface area contributed by atoms with E-state index in [1.165, 1.54) is 17.5 Å². The van der Waals surface area contributed by atoms with Crippen molar-refractivity contribution in [3.8, 4) is 0 Å². The van der Waals surface area contributed by atoms with Crippen LogP contribution in [-0.2, 0) is 19.4 Å². The highest BCUT2D eigenvalue weighted by atomic mass is 16.3. The minimum Gasteiger partial charge on any atom is -0.392 e. The number of benzene rings is 2. The van der Waals surface area contributed by atoms with Gasteiger partial charge in [-0.3, -0.25) is 4.79 Å². The van der Waals surface area contributed by atoms with Crippen molar-refractivity contribution in [1.29, 1.82) is 0 Å². The number of amides is 1. The predicted octanol–water partition coefficient (Wildman–Crippen LogP) is 2.92. The van der Waals surface area contributed by atoms with Crippen LogP contribution in [0.2, 0.25) is 0 Å². The Morgan fingerprint density at radius 1 is 1.10 bits per heavy atom. The Morgan fingerprint density at radius 3 is 2.80 bits per heavy atom. The van der Waals surface area contributed by atoms with Gasteiger partial charge >= 0.3 is 0 Å². The van der Waals surface area contributed by atoms with Crippen molar-refractivity contribution in [3.63, 3.8) is 0 Å². The summed E-state index contributed by atoms with van der Waals surface area (Å²) in [6.07, 6.45) is 3.37. The summed E-state index contributed by atoms with van der Waals surface area (Å²) in [5.74, 6) is -0.102. The van der Waals surface area contributed by atoms with Crippen molar-refractivity contribution >= 4 is 11.6 Å². The summed E-state index contributed by atoms with van der Waals surface area (Å²) >= 11 is 0. The smallest absolute Gasteiger partial charge is 0.255 e. The first kappa shape index (κ1) is 12.9. The van der Waals surface area contributed by atoms with E-state index in [4.69, 9.17) is 5.11 Å². The van der Waals surface area contributed by atoms with Crippen molar-refractivity contribution in [2.24, 2.45) is 0 Å². The number of carbonyl (C=O) groups is 1. The molecule has 3 rings (SSSR count). The lowest BCUT2D eigenvalue weighted by atomic mass is 10.1. The van der Waals surface area contributed by atoms with E-state index in [0.717, 1.165) is 18.4 Å². The molecule has 0 spiro atoms. The Morgan fingerprint density at radius 2 is 1.95 bits per heavy atom. The Labute approximate surface area is 118 Å². The predicted molar refractivity (Wildman–Crippen MR) is 78.8 cm³/mol. The molecule has 0 atom stereocenters. The van der Waals surface area contributed by atoms with Crippen LogP contribution in [0.4, 0.5) is 5.69 Å². The van der Waals surface area contributed by atoms with Gasteiger partial charge in [-0.05, 0) is 60.2 Å². The molecule has 3 heteroatoms. The summed E-state index contributed by atoms with van der Waals surface area (Å²) in [5.41, 5.74) is 4.85. The highest BCUT2D eigenvalue weighted by Gasteiger charge is 2.14. The number of hydrogen-bond acceptors (Lipinski definition) is 2. The van der Waals surface area contributed by atoms with Crippen LogP contribution in [0.1, 0.15) is 33.5 Å². The van der Waals surface area contributed by atoms with Gasteiger partial charge in [-0.2, -0.15) is 0 Å². The van der Waals surface area contributed by atoms with Gasteiger partial charge < -0.3 is 10.4 Å². The van der Waals surface area contributed by atoms with Gasteiger partial charge in [-0.25, -0.2) is 0 Å². The van der Waals surface area contributed by atoms with Crippen LogP contribution < -0.4 is 5.32 Å². The fraction of sp³-hybridized carbons (Fsp3) is 0.235. The van der Waals surface area contributed by atoms with E-state index in [0.29, 0.717) is 11.3 Å². The highest BCUT2D eigenvalue weighted by molar-refractivity contribution is 6.04.